The van der Waals surface area contributed by atoms with Crippen molar-refractivity contribution < 1.29 is 4.74 Å². The average molecular weight is 377 g/mol. The second kappa shape index (κ2) is 6.29. The standard InChI is InChI=1S/C14H19Br2NO/c1-9-3-5-10(6-4-9)17-13-8-14(18-2)12(16)7-11(13)15/h7-10,17H,3-6H2,1-2H3. The first kappa shape index (κ1) is 14.2. The van der Waals surface area contributed by atoms with E-state index < -0.39 is 0 Å². The molecule has 0 aromatic heterocycles. The van der Waals surface area contributed by atoms with Crippen LogP contribution in [0.15, 0.2) is 21.1 Å². The van der Waals surface area contributed by atoms with E-state index in [4.69, 9.17) is 4.74 Å². The highest BCUT2D eigenvalue weighted by Gasteiger charge is 2.19. The molecular weight excluding hydrogens is 358 g/mol. The van der Waals surface area contributed by atoms with Gasteiger partial charge in [-0.3, -0.25) is 0 Å². The third-order valence-corrected chi connectivity index (χ3v) is 4.89. The number of methoxy groups -OCH3 is 1. The zero-order chi connectivity index (χ0) is 13.1. The molecule has 0 spiro atoms. The van der Waals surface area contributed by atoms with Crippen molar-refractivity contribution >= 4 is 37.5 Å². The van der Waals surface area contributed by atoms with E-state index in [0.717, 1.165) is 26.3 Å². The fourth-order valence-electron chi connectivity index (χ4n) is 2.42. The van der Waals surface area contributed by atoms with Gasteiger partial charge in [0.25, 0.3) is 0 Å². The summed E-state index contributed by atoms with van der Waals surface area (Å²) in [5, 5.41) is 3.62. The zero-order valence-corrected chi connectivity index (χ0v) is 14.0. The zero-order valence-electron chi connectivity index (χ0n) is 10.8. The minimum atomic E-state index is 0.586. The highest BCUT2D eigenvalue weighted by molar-refractivity contribution is 9.11. The summed E-state index contributed by atoms with van der Waals surface area (Å²) in [6, 6.07) is 4.67. The maximum absolute atomic E-state index is 5.34. The molecule has 1 aromatic rings. The van der Waals surface area contributed by atoms with Crippen LogP contribution in [0.2, 0.25) is 0 Å². The number of rotatable bonds is 3. The molecule has 2 rings (SSSR count). The number of nitrogens with one attached hydrogen (secondary N) is 1. The molecule has 1 saturated carbocycles. The maximum Gasteiger partial charge on any atom is 0.135 e. The van der Waals surface area contributed by atoms with E-state index in [2.05, 4.69) is 44.1 Å². The van der Waals surface area contributed by atoms with E-state index in [1.54, 1.807) is 7.11 Å². The predicted octanol–water partition coefficient (Wildman–Crippen LogP) is 5.21. The lowest BCUT2D eigenvalue weighted by Gasteiger charge is -2.28. The van der Waals surface area contributed by atoms with Crippen LogP contribution in [0.1, 0.15) is 32.6 Å². The highest BCUT2D eigenvalue weighted by Crippen LogP contribution is 2.36. The van der Waals surface area contributed by atoms with E-state index >= 15 is 0 Å². The van der Waals surface area contributed by atoms with Crippen molar-refractivity contribution in [3.8, 4) is 5.75 Å². The van der Waals surface area contributed by atoms with E-state index in [9.17, 15) is 0 Å². The second-order valence-corrected chi connectivity index (χ2v) is 6.78. The Kier molecular flexibility index (Phi) is 4.96. The fourth-order valence-corrected chi connectivity index (χ4v) is 3.69. The molecule has 0 unspecified atom stereocenters. The number of hydrogen-bond acceptors (Lipinski definition) is 2. The molecule has 4 heteroatoms. The normalized spacial score (nSPS) is 23.8. The average Bonchev–Trinajstić information content (AvgIpc) is 2.35. The van der Waals surface area contributed by atoms with Gasteiger partial charge < -0.3 is 10.1 Å². The van der Waals surface area contributed by atoms with Crippen molar-refractivity contribution in [3.63, 3.8) is 0 Å². The Hall–Kier alpha value is -0.220. The van der Waals surface area contributed by atoms with Gasteiger partial charge in [0.05, 0.1) is 17.3 Å². The summed E-state index contributed by atoms with van der Waals surface area (Å²) in [7, 11) is 1.69. The summed E-state index contributed by atoms with van der Waals surface area (Å²) >= 11 is 7.09. The molecule has 0 bridgehead atoms. The lowest BCUT2D eigenvalue weighted by atomic mass is 9.87. The van der Waals surface area contributed by atoms with Gasteiger partial charge in [0.2, 0.25) is 0 Å². The molecule has 0 heterocycles. The Balaban J connectivity index is 2.09. The van der Waals surface area contributed by atoms with Crippen molar-refractivity contribution in [1.29, 1.82) is 0 Å². The summed E-state index contributed by atoms with van der Waals surface area (Å²) in [6.07, 6.45) is 5.16. The van der Waals surface area contributed by atoms with E-state index in [1.807, 2.05) is 12.1 Å². The molecule has 1 fully saturated rings. The molecule has 0 aliphatic heterocycles. The molecule has 100 valence electrons. The van der Waals surface area contributed by atoms with E-state index in [-0.39, 0.29) is 0 Å². The molecular formula is C14H19Br2NO. The van der Waals surface area contributed by atoms with Gasteiger partial charge in [0.15, 0.2) is 0 Å². The SMILES string of the molecule is COc1cc(NC2CCC(C)CC2)c(Br)cc1Br. The van der Waals surface area contributed by atoms with Crippen molar-refractivity contribution in [1.82, 2.24) is 0 Å². The van der Waals surface area contributed by atoms with Gasteiger partial charge in [-0.05, 0) is 69.5 Å². The number of benzene rings is 1. The Morgan fingerprint density at radius 1 is 1.11 bits per heavy atom. The van der Waals surface area contributed by atoms with Crippen LogP contribution < -0.4 is 10.1 Å². The summed E-state index contributed by atoms with van der Waals surface area (Å²) < 4.78 is 7.39. The lowest BCUT2D eigenvalue weighted by Crippen LogP contribution is -2.25. The smallest absolute Gasteiger partial charge is 0.135 e. The van der Waals surface area contributed by atoms with Gasteiger partial charge in [-0.2, -0.15) is 0 Å². The number of ether oxygens (including phenoxy) is 1. The molecule has 1 N–H and O–H groups in total. The van der Waals surface area contributed by atoms with Gasteiger partial charge in [0.1, 0.15) is 5.75 Å². The van der Waals surface area contributed by atoms with E-state index in [1.165, 1.54) is 25.7 Å². The molecule has 18 heavy (non-hydrogen) atoms. The van der Waals surface area contributed by atoms with Crippen molar-refractivity contribution in [2.24, 2.45) is 5.92 Å². The Labute approximate surface area is 126 Å². The van der Waals surface area contributed by atoms with Crippen LogP contribution in [0.4, 0.5) is 5.69 Å². The van der Waals surface area contributed by atoms with Crippen LogP contribution in [0.25, 0.3) is 0 Å². The second-order valence-electron chi connectivity index (χ2n) is 5.07. The van der Waals surface area contributed by atoms with Crippen LogP contribution in [-0.4, -0.2) is 13.2 Å². The van der Waals surface area contributed by atoms with Gasteiger partial charge in [-0.15, -0.1) is 0 Å². The molecule has 2 nitrogen and oxygen atoms in total. The first-order valence-corrected chi connectivity index (χ1v) is 7.98. The quantitative estimate of drug-likeness (QED) is 0.781. The minimum Gasteiger partial charge on any atom is -0.495 e. The van der Waals surface area contributed by atoms with Gasteiger partial charge >= 0.3 is 0 Å². The maximum atomic E-state index is 5.34. The summed E-state index contributed by atoms with van der Waals surface area (Å²) in [4.78, 5) is 0. The van der Waals surface area contributed by atoms with Crippen LogP contribution in [0.3, 0.4) is 0 Å². The van der Waals surface area contributed by atoms with Gasteiger partial charge in [0, 0.05) is 16.6 Å². The first-order valence-electron chi connectivity index (χ1n) is 6.39. The molecule has 1 aliphatic carbocycles. The number of anilines is 1. The van der Waals surface area contributed by atoms with Crippen LogP contribution in [0, 0.1) is 5.92 Å². The number of hydrogen-bond donors (Lipinski definition) is 1. The first-order chi connectivity index (χ1) is 8.60. The lowest BCUT2D eigenvalue weighted by molar-refractivity contribution is 0.361. The molecule has 0 atom stereocenters. The van der Waals surface area contributed by atoms with Crippen molar-refractivity contribution in [2.45, 2.75) is 38.6 Å². The summed E-state index contributed by atoms with van der Waals surface area (Å²) in [6.45, 7) is 2.34. The molecule has 0 radical (unpaired) electrons. The molecule has 0 amide bonds. The van der Waals surface area contributed by atoms with Gasteiger partial charge in [-0.1, -0.05) is 6.92 Å². The Bertz CT molecular complexity index is 415. The van der Waals surface area contributed by atoms with Crippen LogP contribution in [-0.2, 0) is 0 Å². The fraction of sp³-hybridized carbons (Fsp3) is 0.571. The molecule has 0 saturated heterocycles. The largest absolute Gasteiger partial charge is 0.495 e. The number of halogens is 2. The Morgan fingerprint density at radius 3 is 2.39 bits per heavy atom. The molecule has 1 aromatic carbocycles. The monoisotopic (exact) mass is 375 g/mol. The van der Waals surface area contributed by atoms with Crippen molar-refractivity contribution in [3.05, 3.63) is 21.1 Å². The highest BCUT2D eigenvalue weighted by atomic mass is 79.9. The van der Waals surface area contributed by atoms with E-state index in [0.29, 0.717) is 6.04 Å². The van der Waals surface area contributed by atoms with Crippen LogP contribution >= 0.6 is 31.9 Å². The summed E-state index contributed by atoms with van der Waals surface area (Å²) in [5.74, 6) is 1.75. The summed E-state index contributed by atoms with van der Waals surface area (Å²) in [5.41, 5.74) is 1.12. The third kappa shape index (κ3) is 3.41. The topological polar surface area (TPSA) is 21.3 Å². The minimum absolute atomic E-state index is 0.586. The van der Waals surface area contributed by atoms with Crippen LogP contribution in [0.5, 0.6) is 5.75 Å². The molecule has 1 aliphatic rings. The Morgan fingerprint density at radius 2 is 1.78 bits per heavy atom. The third-order valence-electron chi connectivity index (χ3n) is 3.62. The van der Waals surface area contributed by atoms with Crippen molar-refractivity contribution in [2.75, 3.05) is 12.4 Å². The van der Waals surface area contributed by atoms with Gasteiger partial charge in [-0.25, -0.2) is 0 Å². The predicted molar refractivity (Wildman–Crippen MR) is 83.4 cm³/mol.